The van der Waals surface area contributed by atoms with Gasteiger partial charge in [0.1, 0.15) is 0 Å². The SMILES string of the molecule is CCNC(=NCC1(C)CCCO1)NCC1CCCOC1C(C)(C)C. The molecule has 3 unspecified atom stereocenters. The molecule has 2 rings (SSSR count). The Hall–Kier alpha value is -0.810. The van der Waals surface area contributed by atoms with Crippen LogP contribution in [0.15, 0.2) is 4.99 Å². The van der Waals surface area contributed by atoms with Crippen LogP contribution in [0.25, 0.3) is 0 Å². The zero-order valence-electron chi connectivity index (χ0n) is 16.3. The van der Waals surface area contributed by atoms with E-state index in [-0.39, 0.29) is 11.0 Å². The highest BCUT2D eigenvalue weighted by atomic mass is 16.5. The van der Waals surface area contributed by atoms with Crippen LogP contribution in [0.4, 0.5) is 0 Å². The third kappa shape index (κ3) is 5.62. The van der Waals surface area contributed by atoms with Crippen LogP contribution in [0, 0.1) is 11.3 Å². The molecule has 0 saturated carbocycles. The molecule has 2 fully saturated rings. The maximum Gasteiger partial charge on any atom is 0.191 e. The summed E-state index contributed by atoms with van der Waals surface area (Å²) in [4.78, 5) is 4.77. The maximum atomic E-state index is 6.08. The summed E-state index contributed by atoms with van der Waals surface area (Å²) in [7, 11) is 0. The summed E-state index contributed by atoms with van der Waals surface area (Å²) in [5.41, 5.74) is 0.0810. The number of hydrogen-bond donors (Lipinski definition) is 2. The third-order valence-corrected chi connectivity index (χ3v) is 5.05. The van der Waals surface area contributed by atoms with Crippen LogP contribution in [0.1, 0.15) is 60.3 Å². The molecule has 0 aromatic carbocycles. The molecule has 0 spiro atoms. The molecule has 0 radical (unpaired) electrons. The van der Waals surface area contributed by atoms with Gasteiger partial charge in [0.2, 0.25) is 0 Å². The van der Waals surface area contributed by atoms with E-state index in [2.05, 4.69) is 45.3 Å². The summed E-state index contributed by atoms with van der Waals surface area (Å²) < 4.78 is 11.9. The van der Waals surface area contributed by atoms with Crippen molar-refractivity contribution in [2.45, 2.75) is 72.0 Å². The lowest BCUT2D eigenvalue weighted by Crippen LogP contribution is -2.47. The van der Waals surface area contributed by atoms with Gasteiger partial charge < -0.3 is 20.1 Å². The number of aliphatic imine (C=N–C) groups is 1. The van der Waals surface area contributed by atoms with E-state index >= 15 is 0 Å². The van der Waals surface area contributed by atoms with E-state index in [4.69, 9.17) is 14.5 Å². The van der Waals surface area contributed by atoms with Crippen molar-refractivity contribution in [2.75, 3.05) is 32.8 Å². The van der Waals surface area contributed by atoms with Crippen molar-refractivity contribution in [1.82, 2.24) is 10.6 Å². The van der Waals surface area contributed by atoms with Crippen molar-refractivity contribution >= 4 is 5.96 Å². The van der Waals surface area contributed by atoms with Crippen molar-refractivity contribution in [3.05, 3.63) is 0 Å². The molecule has 0 aliphatic carbocycles. The van der Waals surface area contributed by atoms with Crippen molar-refractivity contribution in [2.24, 2.45) is 16.3 Å². The molecule has 3 atom stereocenters. The molecule has 2 N–H and O–H groups in total. The molecule has 0 aromatic heterocycles. The van der Waals surface area contributed by atoms with Gasteiger partial charge in [-0.1, -0.05) is 20.8 Å². The lowest BCUT2D eigenvalue weighted by Gasteiger charge is -2.40. The fourth-order valence-electron chi connectivity index (χ4n) is 3.79. The molecular weight excluding hydrogens is 302 g/mol. The quantitative estimate of drug-likeness (QED) is 0.597. The van der Waals surface area contributed by atoms with Gasteiger partial charge in [0, 0.05) is 32.2 Å². The predicted molar refractivity (Wildman–Crippen MR) is 99.5 cm³/mol. The zero-order chi connectivity index (χ0) is 17.6. The Morgan fingerprint density at radius 2 is 2.00 bits per heavy atom. The fraction of sp³-hybridized carbons (Fsp3) is 0.947. The van der Waals surface area contributed by atoms with Crippen LogP contribution in [0.5, 0.6) is 0 Å². The first-order valence-electron chi connectivity index (χ1n) is 9.62. The van der Waals surface area contributed by atoms with Gasteiger partial charge >= 0.3 is 0 Å². The average molecular weight is 340 g/mol. The Bertz CT molecular complexity index is 411. The Balaban J connectivity index is 1.92. The second kappa shape index (κ2) is 8.52. The first-order chi connectivity index (χ1) is 11.3. The number of ether oxygens (including phenoxy) is 2. The van der Waals surface area contributed by atoms with Crippen LogP contribution in [0.2, 0.25) is 0 Å². The minimum atomic E-state index is -0.0930. The molecule has 140 valence electrons. The summed E-state index contributed by atoms with van der Waals surface area (Å²) in [6.45, 7) is 15.3. The van der Waals surface area contributed by atoms with Crippen molar-refractivity contribution in [1.29, 1.82) is 0 Å². The molecule has 5 heteroatoms. The summed E-state index contributed by atoms with van der Waals surface area (Å²) in [5.74, 6) is 1.42. The summed E-state index contributed by atoms with van der Waals surface area (Å²) >= 11 is 0. The van der Waals surface area contributed by atoms with Crippen LogP contribution >= 0.6 is 0 Å². The third-order valence-electron chi connectivity index (χ3n) is 5.05. The van der Waals surface area contributed by atoms with Crippen LogP contribution in [0.3, 0.4) is 0 Å². The number of nitrogens with one attached hydrogen (secondary N) is 2. The fourth-order valence-corrected chi connectivity index (χ4v) is 3.79. The van der Waals surface area contributed by atoms with Gasteiger partial charge in [0.05, 0.1) is 18.2 Å². The normalized spacial score (nSPS) is 32.0. The van der Waals surface area contributed by atoms with E-state index in [0.717, 1.165) is 51.5 Å². The molecule has 0 bridgehead atoms. The van der Waals surface area contributed by atoms with E-state index < -0.39 is 0 Å². The highest BCUT2D eigenvalue weighted by molar-refractivity contribution is 5.79. The Kier molecular flexibility index (Phi) is 6.93. The molecule has 2 aliphatic rings. The average Bonchev–Trinajstić information content (AvgIpc) is 2.96. The number of rotatable bonds is 5. The summed E-state index contributed by atoms with van der Waals surface area (Å²) in [6.07, 6.45) is 4.91. The topological polar surface area (TPSA) is 54.9 Å². The second-order valence-electron chi connectivity index (χ2n) is 8.54. The van der Waals surface area contributed by atoms with E-state index in [1.165, 1.54) is 6.42 Å². The van der Waals surface area contributed by atoms with Gasteiger partial charge in [0.25, 0.3) is 0 Å². The molecule has 2 heterocycles. The smallest absolute Gasteiger partial charge is 0.191 e. The monoisotopic (exact) mass is 339 g/mol. The minimum absolute atomic E-state index is 0.0930. The summed E-state index contributed by atoms with van der Waals surface area (Å²) in [6, 6.07) is 0. The van der Waals surface area contributed by atoms with Crippen LogP contribution < -0.4 is 10.6 Å². The standard InChI is InChI=1S/C19H37N3O2/c1-6-20-17(22-14-19(5)10-8-12-24-19)21-13-15-9-7-11-23-16(15)18(2,3)4/h15-16H,6-14H2,1-5H3,(H2,20,21,22). The van der Waals surface area contributed by atoms with Gasteiger partial charge in [-0.05, 0) is 44.9 Å². The highest BCUT2D eigenvalue weighted by Crippen LogP contribution is 2.33. The van der Waals surface area contributed by atoms with Gasteiger partial charge in [0.15, 0.2) is 5.96 Å². The first-order valence-corrected chi connectivity index (χ1v) is 9.62. The Labute approximate surface area is 148 Å². The predicted octanol–water partition coefficient (Wildman–Crippen LogP) is 2.95. The van der Waals surface area contributed by atoms with Crippen LogP contribution in [-0.4, -0.2) is 50.5 Å². The van der Waals surface area contributed by atoms with Gasteiger partial charge in [-0.2, -0.15) is 0 Å². The van der Waals surface area contributed by atoms with E-state index in [1.54, 1.807) is 0 Å². The second-order valence-corrected chi connectivity index (χ2v) is 8.54. The van der Waals surface area contributed by atoms with E-state index in [9.17, 15) is 0 Å². The lowest BCUT2D eigenvalue weighted by atomic mass is 9.78. The van der Waals surface area contributed by atoms with Crippen LogP contribution in [-0.2, 0) is 9.47 Å². The molecule has 0 aromatic rings. The highest BCUT2D eigenvalue weighted by Gasteiger charge is 2.35. The molecule has 24 heavy (non-hydrogen) atoms. The lowest BCUT2D eigenvalue weighted by molar-refractivity contribution is -0.0835. The molecule has 2 aliphatic heterocycles. The molecule has 0 amide bonds. The molecule has 5 nitrogen and oxygen atoms in total. The van der Waals surface area contributed by atoms with Gasteiger partial charge in [-0.25, -0.2) is 0 Å². The number of guanidine groups is 1. The van der Waals surface area contributed by atoms with Crippen molar-refractivity contribution in [3.63, 3.8) is 0 Å². The maximum absolute atomic E-state index is 6.08. The van der Waals surface area contributed by atoms with Crippen molar-refractivity contribution in [3.8, 4) is 0 Å². The van der Waals surface area contributed by atoms with Crippen molar-refractivity contribution < 1.29 is 9.47 Å². The minimum Gasteiger partial charge on any atom is -0.377 e. The Morgan fingerprint density at radius 3 is 2.62 bits per heavy atom. The zero-order valence-corrected chi connectivity index (χ0v) is 16.3. The number of nitrogens with zero attached hydrogens (tertiary/aromatic N) is 1. The van der Waals surface area contributed by atoms with Gasteiger partial charge in [-0.3, -0.25) is 4.99 Å². The van der Waals surface area contributed by atoms with E-state index in [0.29, 0.717) is 18.6 Å². The van der Waals surface area contributed by atoms with E-state index in [1.807, 2.05) is 0 Å². The molecular formula is C19H37N3O2. The van der Waals surface area contributed by atoms with Gasteiger partial charge in [-0.15, -0.1) is 0 Å². The first kappa shape index (κ1) is 19.5. The molecule has 2 saturated heterocycles. The largest absolute Gasteiger partial charge is 0.377 e. The summed E-state index contributed by atoms with van der Waals surface area (Å²) in [5, 5.41) is 6.90. The Morgan fingerprint density at radius 1 is 1.21 bits per heavy atom. The number of hydrogen-bond acceptors (Lipinski definition) is 3.